The van der Waals surface area contributed by atoms with Crippen molar-refractivity contribution >= 4 is 11.4 Å². The summed E-state index contributed by atoms with van der Waals surface area (Å²) in [7, 11) is 1.54. The molecule has 0 saturated heterocycles. The van der Waals surface area contributed by atoms with Gasteiger partial charge in [-0.1, -0.05) is 0 Å². The standard InChI is InChI=1S/C11H16F2N2O/c1-11(2,6-16-3)15-10-8(14)5-4-7(12)9(10)13/h4-5,15H,6,14H2,1-3H3. The van der Waals surface area contributed by atoms with Gasteiger partial charge in [0, 0.05) is 7.11 Å². The lowest BCUT2D eigenvalue weighted by Gasteiger charge is -2.27. The third kappa shape index (κ3) is 2.82. The number of nitrogens with one attached hydrogen (secondary N) is 1. The van der Waals surface area contributed by atoms with Gasteiger partial charge >= 0.3 is 0 Å². The van der Waals surface area contributed by atoms with Crippen LogP contribution in [0.25, 0.3) is 0 Å². The van der Waals surface area contributed by atoms with Crippen molar-refractivity contribution in [1.29, 1.82) is 0 Å². The van der Waals surface area contributed by atoms with Crippen molar-refractivity contribution in [3.05, 3.63) is 23.8 Å². The minimum atomic E-state index is -0.968. The van der Waals surface area contributed by atoms with E-state index in [9.17, 15) is 8.78 Å². The van der Waals surface area contributed by atoms with Crippen LogP contribution in [0.4, 0.5) is 20.2 Å². The number of methoxy groups -OCH3 is 1. The lowest BCUT2D eigenvalue weighted by molar-refractivity contribution is 0.158. The van der Waals surface area contributed by atoms with Gasteiger partial charge in [-0.05, 0) is 26.0 Å². The van der Waals surface area contributed by atoms with E-state index in [1.807, 2.05) is 0 Å². The molecule has 0 atom stereocenters. The number of benzene rings is 1. The Morgan fingerprint density at radius 1 is 1.38 bits per heavy atom. The van der Waals surface area contributed by atoms with Crippen molar-refractivity contribution in [2.75, 3.05) is 24.8 Å². The normalized spacial score (nSPS) is 11.6. The Labute approximate surface area is 93.6 Å². The van der Waals surface area contributed by atoms with E-state index in [0.717, 1.165) is 6.07 Å². The summed E-state index contributed by atoms with van der Waals surface area (Å²) in [4.78, 5) is 0. The van der Waals surface area contributed by atoms with Crippen LogP contribution in [0, 0.1) is 11.6 Å². The molecule has 1 rings (SSSR count). The van der Waals surface area contributed by atoms with Gasteiger partial charge < -0.3 is 15.8 Å². The van der Waals surface area contributed by atoms with Crippen LogP contribution in [0.3, 0.4) is 0 Å². The number of rotatable bonds is 4. The molecule has 0 aliphatic rings. The van der Waals surface area contributed by atoms with Crippen LogP contribution in [-0.2, 0) is 4.74 Å². The highest BCUT2D eigenvalue weighted by molar-refractivity contribution is 5.67. The quantitative estimate of drug-likeness (QED) is 0.781. The second-order valence-corrected chi connectivity index (χ2v) is 4.27. The molecule has 0 spiro atoms. The molecule has 5 heteroatoms. The molecule has 0 aliphatic carbocycles. The zero-order valence-electron chi connectivity index (χ0n) is 9.60. The lowest BCUT2D eigenvalue weighted by atomic mass is 10.1. The second kappa shape index (κ2) is 4.65. The summed E-state index contributed by atoms with van der Waals surface area (Å²) >= 11 is 0. The van der Waals surface area contributed by atoms with Gasteiger partial charge in [-0.15, -0.1) is 0 Å². The average Bonchev–Trinajstić information content (AvgIpc) is 2.19. The number of hydrogen-bond donors (Lipinski definition) is 2. The summed E-state index contributed by atoms with van der Waals surface area (Å²) in [6.07, 6.45) is 0. The molecule has 1 aromatic rings. The topological polar surface area (TPSA) is 47.3 Å². The minimum Gasteiger partial charge on any atom is -0.397 e. The van der Waals surface area contributed by atoms with Gasteiger partial charge in [-0.3, -0.25) is 0 Å². The third-order valence-electron chi connectivity index (χ3n) is 2.10. The Morgan fingerprint density at radius 2 is 2.00 bits per heavy atom. The fraction of sp³-hybridized carbons (Fsp3) is 0.455. The van der Waals surface area contributed by atoms with Crippen molar-refractivity contribution in [3.8, 4) is 0 Å². The van der Waals surface area contributed by atoms with Gasteiger partial charge in [0.2, 0.25) is 0 Å². The second-order valence-electron chi connectivity index (χ2n) is 4.27. The van der Waals surface area contributed by atoms with Crippen molar-refractivity contribution in [1.82, 2.24) is 0 Å². The molecule has 16 heavy (non-hydrogen) atoms. The van der Waals surface area contributed by atoms with Crippen molar-refractivity contribution in [3.63, 3.8) is 0 Å². The molecule has 1 aromatic carbocycles. The Morgan fingerprint density at radius 3 is 2.56 bits per heavy atom. The van der Waals surface area contributed by atoms with E-state index in [0.29, 0.717) is 6.61 Å². The summed E-state index contributed by atoms with van der Waals surface area (Å²) in [5.74, 6) is -1.89. The number of nitrogens with two attached hydrogens (primary N) is 1. The highest BCUT2D eigenvalue weighted by Crippen LogP contribution is 2.27. The van der Waals surface area contributed by atoms with Crippen LogP contribution in [0.15, 0.2) is 12.1 Å². The average molecular weight is 230 g/mol. The monoisotopic (exact) mass is 230 g/mol. The maximum atomic E-state index is 13.5. The maximum Gasteiger partial charge on any atom is 0.183 e. The van der Waals surface area contributed by atoms with Crippen LogP contribution in [0.5, 0.6) is 0 Å². The molecule has 0 heterocycles. The van der Waals surface area contributed by atoms with Crippen LogP contribution in [0.2, 0.25) is 0 Å². The highest BCUT2D eigenvalue weighted by Gasteiger charge is 2.21. The van der Waals surface area contributed by atoms with Gasteiger partial charge in [-0.25, -0.2) is 8.78 Å². The lowest BCUT2D eigenvalue weighted by Crippen LogP contribution is -2.36. The van der Waals surface area contributed by atoms with Crippen LogP contribution in [0.1, 0.15) is 13.8 Å². The van der Waals surface area contributed by atoms with Crippen LogP contribution < -0.4 is 11.1 Å². The van der Waals surface area contributed by atoms with Crippen molar-refractivity contribution < 1.29 is 13.5 Å². The van der Waals surface area contributed by atoms with Gasteiger partial charge in [0.25, 0.3) is 0 Å². The zero-order valence-corrected chi connectivity index (χ0v) is 9.60. The van der Waals surface area contributed by atoms with E-state index in [4.69, 9.17) is 10.5 Å². The highest BCUT2D eigenvalue weighted by atomic mass is 19.2. The van der Waals surface area contributed by atoms with E-state index in [-0.39, 0.29) is 11.4 Å². The molecular formula is C11H16F2N2O. The molecule has 0 aromatic heterocycles. The predicted molar refractivity (Wildman–Crippen MR) is 60.3 cm³/mol. The zero-order chi connectivity index (χ0) is 12.3. The van der Waals surface area contributed by atoms with E-state index >= 15 is 0 Å². The van der Waals surface area contributed by atoms with E-state index in [1.54, 1.807) is 13.8 Å². The maximum absolute atomic E-state index is 13.5. The largest absolute Gasteiger partial charge is 0.397 e. The minimum absolute atomic E-state index is 0.0259. The van der Waals surface area contributed by atoms with Gasteiger partial charge in [0.1, 0.15) is 0 Å². The molecule has 0 aliphatic heterocycles. The molecule has 90 valence electrons. The van der Waals surface area contributed by atoms with Gasteiger partial charge in [0.05, 0.1) is 23.5 Å². The van der Waals surface area contributed by atoms with E-state index in [2.05, 4.69) is 5.32 Å². The SMILES string of the molecule is COCC(C)(C)Nc1c(N)ccc(F)c1F. The molecule has 3 nitrogen and oxygen atoms in total. The van der Waals surface area contributed by atoms with Gasteiger partial charge in [-0.2, -0.15) is 0 Å². The van der Waals surface area contributed by atoms with Gasteiger partial charge in [0.15, 0.2) is 11.6 Å². The van der Waals surface area contributed by atoms with Crippen molar-refractivity contribution in [2.45, 2.75) is 19.4 Å². The summed E-state index contributed by atoms with van der Waals surface area (Å²) in [5.41, 5.74) is 5.20. The number of nitrogen functional groups attached to an aromatic ring is 1. The Balaban J connectivity index is 3.01. The fourth-order valence-corrected chi connectivity index (χ4v) is 1.43. The summed E-state index contributed by atoms with van der Waals surface area (Å²) in [6.45, 7) is 3.96. The van der Waals surface area contributed by atoms with Crippen LogP contribution in [-0.4, -0.2) is 19.3 Å². The van der Waals surface area contributed by atoms with E-state index < -0.39 is 17.2 Å². The number of anilines is 2. The molecule has 3 N–H and O–H groups in total. The summed E-state index contributed by atoms with van der Waals surface area (Å²) in [5, 5.41) is 2.83. The Kier molecular flexibility index (Phi) is 3.70. The Bertz CT molecular complexity index is 380. The molecule has 0 unspecified atom stereocenters. The van der Waals surface area contributed by atoms with Crippen LogP contribution >= 0.6 is 0 Å². The first-order chi connectivity index (χ1) is 7.37. The molecular weight excluding hydrogens is 214 g/mol. The third-order valence-corrected chi connectivity index (χ3v) is 2.10. The molecule has 0 saturated carbocycles. The number of hydrogen-bond acceptors (Lipinski definition) is 3. The molecule has 0 radical (unpaired) electrons. The van der Waals surface area contributed by atoms with E-state index in [1.165, 1.54) is 13.2 Å². The first-order valence-corrected chi connectivity index (χ1v) is 4.88. The fourth-order valence-electron chi connectivity index (χ4n) is 1.43. The predicted octanol–water partition coefficient (Wildman–Crippen LogP) is 2.38. The number of halogens is 2. The summed E-state index contributed by atoms with van der Waals surface area (Å²) < 4.78 is 31.5. The van der Waals surface area contributed by atoms with Crippen molar-refractivity contribution in [2.24, 2.45) is 0 Å². The molecule has 0 amide bonds. The molecule has 0 bridgehead atoms. The summed E-state index contributed by atoms with van der Waals surface area (Å²) in [6, 6.07) is 2.32. The molecule has 0 fully saturated rings. The Hall–Kier alpha value is -1.36. The first kappa shape index (κ1) is 12.7. The number of ether oxygens (including phenoxy) is 1. The first-order valence-electron chi connectivity index (χ1n) is 4.88. The smallest absolute Gasteiger partial charge is 0.183 e.